The van der Waals surface area contributed by atoms with E-state index in [9.17, 15) is 8.78 Å². The molecule has 1 rings (SSSR count). The summed E-state index contributed by atoms with van der Waals surface area (Å²) in [5, 5.41) is 0. The molecule has 0 saturated heterocycles. The summed E-state index contributed by atoms with van der Waals surface area (Å²) >= 11 is 0. The summed E-state index contributed by atoms with van der Waals surface area (Å²) in [5.41, 5.74) is 3.36. The molecular formula is C11H15F2NO2. The van der Waals surface area contributed by atoms with Gasteiger partial charge in [-0.3, -0.25) is 0 Å². The third-order valence-electron chi connectivity index (χ3n) is 2.21. The van der Waals surface area contributed by atoms with Gasteiger partial charge in [-0.15, -0.1) is 0 Å². The number of hydrogen-bond acceptors (Lipinski definition) is 3. The third-order valence-corrected chi connectivity index (χ3v) is 2.21. The lowest BCUT2D eigenvalue weighted by molar-refractivity contribution is 0.0859. The predicted octanol–water partition coefficient (Wildman–Crippen LogP) is 2.52. The van der Waals surface area contributed by atoms with Gasteiger partial charge in [0.25, 0.3) is 0 Å². The lowest BCUT2D eigenvalue weighted by atomic mass is 10.1. The topological polar surface area (TPSA) is 30.5 Å². The van der Waals surface area contributed by atoms with E-state index in [-0.39, 0.29) is 17.9 Å². The normalized spacial score (nSPS) is 12.6. The average Bonchev–Trinajstić information content (AvgIpc) is 2.25. The first-order valence-electron chi connectivity index (χ1n) is 4.86. The van der Waals surface area contributed by atoms with Gasteiger partial charge in [-0.2, -0.15) is 5.48 Å². The average molecular weight is 231 g/mol. The van der Waals surface area contributed by atoms with Crippen molar-refractivity contribution < 1.29 is 18.4 Å². The summed E-state index contributed by atoms with van der Waals surface area (Å²) in [6.07, 6.45) is -1.22. The molecule has 16 heavy (non-hydrogen) atoms. The van der Waals surface area contributed by atoms with Crippen molar-refractivity contribution >= 4 is 0 Å². The Labute approximate surface area is 93.3 Å². The fraction of sp³-hybridized carbons (Fsp3) is 0.455. The van der Waals surface area contributed by atoms with Gasteiger partial charge in [0, 0.05) is 12.1 Å². The van der Waals surface area contributed by atoms with Crippen molar-refractivity contribution in [2.75, 3.05) is 14.2 Å². The van der Waals surface area contributed by atoms with Crippen molar-refractivity contribution in [3.8, 4) is 5.75 Å². The van der Waals surface area contributed by atoms with E-state index in [0.717, 1.165) is 6.07 Å². The molecule has 1 atom stereocenters. The first-order valence-corrected chi connectivity index (χ1v) is 4.86. The number of rotatable bonds is 5. The van der Waals surface area contributed by atoms with Crippen molar-refractivity contribution in [2.45, 2.75) is 19.6 Å². The highest BCUT2D eigenvalue weighted by molar-refractivity contribution is 5.39. The van der Waals surface area contributed by atoms with Gasteiger partial charge in [-0.25, -0.2) is 8.78 Å². The molecule has 0 spiro atoms. The molecule has 0 aliphatic heterocycles. The van der Waals surface area contributed by atoms with Crippen LogP contribution in [0.2, 0.25) is 0 Å². The van der Waals surface area contributed by atoms with Crippen LogP contribution in [-0.4, -0.2) is 14.2 Å². The number of halogens is 2. The fourth-order valence-corrected chi connectivity index (χ4v) is 1.41. The van der Waals surface area contributed by atoms with E-state index in [0.29, 0.717) is 5.56 Å². The highest BCUT2D eigenvalue weighted by Crippen LogP contribution is 2.28. The zero-order valence-electron chi connectivity index (χ0n) is 9.51. The Morgan fingerprint density at radius 3 is 2.56 bits per heavy atom. The van der Waals surface area contributed by atoms with Crippen LogP contribution in [0.4, 0.5) is 8.78 Å². The summed E-state index contributed by atoms with van der Waals surface area (Å²) < 4.78 is 31.5. The molecule has 0 aliphatic carbocycles. The van der Waals surface area contributed by atoms with Gasteiger partial charge < -0.3 is 9.57 Å². The van der Waals surface area contributed by atoms with Gasteiger partial charge in [0.1, 0.15) is 6.17 Å². The minimum Gasteiger partial charge on any atom is -0.493 e. The minimum atomic E-state index is -1.22. The molecule has 0 heterocycles. The van der Waals surface area contributed by atoms with Gasteiger partial charge in [-0.05, 0) is 24.6 Å². The number of benzene rings is 1. The van der Waals surface area contributed by atoms with Crippen molar-refractivity contribution in [1.82, 2.24) is 5.48 Å². The largest absolute Gasteiger partial charge is 0.493 e. The van der Waals surface area contributed by atoms with E-state index in [1.54, 1.807) is 6.07 Å². The number of hydrogen-bond donors (Lipinski definition) is 1. The molecule has 0 saturated carbocycles. The molecule has 0 radical (unpaired) electrons. The first kappa shape index (κ1) is 12.9. The summed E-state index contributed by atoms with van der Waals surface area (Å²) in [6, 6.07) is 2.69. The van der Waals surface area contributed by atoms with Crippen LogP contribution in [-0.2, 0) is 11.4 Å². The molecule has 0 bridgehead atoms. The molecule has 5 heteroatoms. The molecule has 1 aromatic carbocycles. The molecule has 1 unspecified atom stereocenters. The molecule has 1 N–H and O–H groups in total. The lowest BCUT2D eigenvalue weighted by Crippen LogP contribution is -2.12. The second-order valence-electron chi connectivity index (χ2n) is 3.34. The molecule has 0 amide bonds. The molecule has 90 valence electrons. The summed E-state index contributed by atoms with van der Waals surface area (Å²) in [4.78, 5) is 4.66. The van der Waals surface area contributed by atoms with Gasteiger partial charge in [-0.1, -0.05) is 0 Å². The van der Waals surface area contributed by atoms with Crippen LogP contribution in [0, 0.1) is 5.82 Å². The van der Waals surface area contributed by atoms with Crippen LogP contribution in [0.5, 0.6) is 5.75 Å². The molecule has 0 aliphatic rings. The monoisotopic (exact) mass is 231 g/mol. The van der Waals surface area contributed by atoms with E-state index in [1.165, 1.54) is 21.1 Å². The van der Waals surface area contributed by atoms with Crippen molar-refractivity contribution in [1.29, 1.82) is 0 Å². The summed E-state index contributed by atoms with van der Waals surface area (Å²) in [7, 11) is 2.82. The molecule has 0 aromatic heterocycles. The van der Waals surface area contributed by atoms with Crippen LogP contribution in [0.1, 0.15) is 24.2 Å². The molecule has 3 nitrogen and oxygen atoms in total. The first-order chi connectivity index (χ1) is 7.60. The summed E-state index contributed by atoms with van der Waals surface area (Å²) in [6.45, 7) is 1.60. The quantitative estimate of drug-likeness (QED) is 0.790. The van der Waals surface area contributed by atoms with Gasteiger partial charge in [0.15, 0.2) is 11.6 Å². The highest BCUT2D eigenvalue weighted by Gasteiger charge is 2.14. The fourth-order valence-electron chi connectivity index (χ4n) is 1.41. The Kier molecular flexibility index (Phi) is 4.64. The van der Waals surface area contributed by atoms with Crippen LogP contribution in [0.25, 0.3) is 0 Å². The van der Waals surface area contributed by atoms with Crippen molar-refractivity contribution in [3.05, 3.63) is 29.1 Å². The standard InChI is InChI=1S/C11H15F2NO2/c1-7(12)8-4-9(6-14-16-3)11(15-2)10(13)5-8/h4-5,7,14H,6H2,1-3H3. The maximum atomic E-state index is 13.5. The van der Waals surface area contributed by atoms with Gasteiger partial charge in [0.2, 0.25) is 0 Å². The highest BCUT2D eigenvalue weighted by atomic mass is 19.1. The minimum absolute atomic E-state index is 0.106. The van der Waals surface area contributed by atoms with Crippen LogP contribution in [0.15, 0.2) is 12.1 Å². The Bertz CT molecular complexity index is 356. The second kappa shape index (κ2) is 5.77. The van der Waals surface area contributed by atoms with Gasteiger partial charge >= 0.3 is 0 Å². The Hall–Kier alpha value is -1.20. The van der Waals surface area contributed by atoms with Crippen LogP contribution in [0.3, 0.4) is 0 Å². The Morgan fingerprint density at radius 1 is 1.38 bits per heavy atom. The maximum Gasteiger partial charge on any atom is 0.165 e. The summed E-state index contributed by atoms with van der Waals surface area (Å²) in [5.74, 6) is -0.466. The number of methoxy groups -OCH3 is 1. The number of ether oxygens (including phenoxy) is 1. The molecule has 1 aromatic rings. The van der Waals surface area contributed by atoms with E-state index >= 15 is 0 Å². The van der Waals surface area contributed by atoms with Crippen molar-refractivity contribution in [2.24, 2.45) is 0 Å². The predicted molar refractivity (Wildman–Crippen MR) is 56.3 cm³/mol. The smallest absolute Gasteiger partial charge is 0.165 e. The van der Waals surface area contributed by atoms with E-state index in [2.05, 4.69) is 10.3 Å². The third kappa shape index (κ3) is 2.90. The van der Waals surface area contributed by atoms with Gasteiger partial charge in [0.05, 0.1) is 14.2 Å². The Balaban J connectivity index is 3.09. The van der Waals surface area contributed by atoms with E-state index in [4.69, 9.17) is 4.74 Å². The Morgan fingerprint density at radius 2 is 2.06 bits per heavy atom. The molecule has 0 fully saturated rings. The second-order valence-corrected chi connectivity index (χ2v) is 3.34. The van der Waals surface area contributed by atoms with E-state index < -0.39 is 12.0 Å². The zero-order chi connectivity index (χ0) is 12.1. The maximum absolute atomic E-state index is 13.5. The van der Waals surface area contributed by atoms with Crippen LogP contribution >= 0.6 is 0 Å². The van der Waals surface area contributed by atoms with Crippen LogP contribution < -0.4 is 10.2 Å². The van der Waals surface area contributed by atoms with E-state index in [1.807, 2.05) is 0 Å². The number of nitrogens with one attached hydrogen (secondary N) is 1. The number of alkyl halides is 1. The lowest BCUT2D eigenvalue weighted by Gasteiger charge is -2.12. The SMILES string of the molecule is CONCc1cc(C(C)F)cc(F)c1OC. The zero-order valence-corrected chi connectivity index (χ0v) is 9.51. The van der Waals surface area contributed by atoms with Crippen molar-refractivity contribution in [3.63, 3.8) is 0 Å². The molecular weight excluding hydrogens is 216 g/mol. The number of hydroxylamine groups is 1.